The summed E-state index contributed by atoms with van der Waals surface area (Å²) in [5, 5.41) is 0. The lowest BCUT2D eigenvalue weighted by molar-refractivity contribution is 0.148. The van der Waals surface area contributed by atoms with Gasteiger partial charge in [-0.2, -0.15) is 0 Å². The Kier molecular flexibility index (Phi) is 7.66. The van der Waals surface area contributed by atoms with Crippen LogP contribution in [0.4, 0.5) is 0 Å². The molecule has 0 fully saturated rings. The summed E-state index contributed by atoms with van der Waals surface area (Å²) in [4.78, 5) is 2.26. The molecule has 0 N–H and O–H groups in total. The van der Waals surface area contributed by atoms with Crippen molar-refractivity contribution in [1.82, 2.24) is 4.90 Å². The van der Waals surface area contributed by atoms with Gasteiger partial charge in [-0.15, -0.1) is 11.6 Å². The Morgan fingerprint density at radius 2 is 2.06 bits per heavy atom. The van der Waals surface area contributed by atoms with Crippen molar-refractivity contribution in [2.24, 2.45) is 0 Å². The minimum atomic E-state index is 0.616. The normalized spacial score (nSPS) is 10.9. The van der Waals surface area contributed by atoms with E-state index in [9.17, 15) is 0 Å². The summed E-state index contributed by atoms with van der Waals surface area (Å²) in [6.07, 6.45) is 0. The van der Waals surface area contributed by atoms with E-state index in [4.69, 9.17) is 21.1 Å². The second kappa shape index (κ2) is 8.75. The van der Waals surface area contributed by atoms with Crippen molar-refractivity contribution in [3.8, 4) is 5.75 Å². The monoisotopic (exact) mass is 335 g/mol. The maximum absolute atomic E-state index is 5.82. The Labute approximate surface area is 122 Å². The molecule has 0 aliphatic carbocycles. The molecule has 0 amide bonds. The largest absolute Gasteiger partial charge is 0.497 e. The van der Waals surface area contributed by atoms with Gasteiger partial charge in [0.2, 0.25) is 0 Å². The highest BCUT2D eigenvalue weighted by Gasteiger charge is 2.09. The molecule has 1 aromatic carbocycles. The first-order valence-electron chi connectivity index (χ1n) is 5.81. The van der Waals surface area contributed by atoms with E-state index < -0.39 is 0 Å². The lowest BCUT2D eigenvalue weighted by Crippen LogP contribution is -2.29. The van der Waals surface area contributed by atoms with Crippen molar-refractivity contribution in [3.05, 3.63) is 28.2 Å². The van der Waals surface area contributed by atoms with Gasteiger partial charge in [0.1, 0.15) is 5.75 Å². The minimum absolute atomic E-state index is 0.616. The highest BCUT2D eigenvalue weighted by Crippen LogP contribution is 2.23. The van der Waals surface area contributed by atoms with Gasteiger partial charge in [0.25, 0.3) is 0 Å². The van der Waals surface area contributed by atoms with Crippen LogP contribution in [0.15, 0.2) is 22.7 Å². The third kappa shape index (κ3) is 5.14. The summed E-state index contributed by atoms with van der Waals surface area (Å²) >= 11 is 9.38. The van der Waals surface area contributed by atoms with Crippen molar-refractivity contribution >= 4 is 27.5 Å². The predicted molar refractivity (Wildman–Crippen MR) is 78.6 cm³/mol. The molecule has 102 valence electrons. The maximum Gasteiger partial charge on any atom is 0.119 e. The van der Waals surface area contributed by atoms with E-state index in [-0.39, 0.29) is 0 Å². The third-order valence-electron chi connectivity index (χ3n) is 2.66. The standard InChI is InChI=1S/C13H19BrClNO2/c1-17-8-7-16(6-5-15)10-11-9-12(18-2)3-4-13(11)14/h3-4,9H,5-8,10H2,1-2H3. The first-order chi connectivity index (χ1) is 8.71. The molecule has 0 aliphatic rings. The van der Waals surface area contributed by atoms with E-state index in [1.807, 2.05) is 18.2 Å². The summed E-state index contributed by atoms with van der Waals surface area (Å²) < 4.78 is 11.4. The second-order valence-electron chi connectivity index (χ2n) is 3.92. The zero-order chi connectivity index (χ0) is 13.4. The first-order valence-corrected chi connectivity index (χ1v) is 7.13. The fourth-order valence-electron chi connectivity index (χ4n) is 1.65. The first kappa shape index (κ1) is 15.8. The van der Waals surface area contributed by atoms with Crippen LogP contribution in [-0.2, 0) is 11.3 Å². The van der Waals surface area contributed by atoms with Gasteiger partial charge in [0, 0.05) is 37.1 Å². The molecular weight excluding hydrogens is 318 g/mol. The van der Waals surface area contributed by atoms with Gasteiger partial charge in [0.15, 0.2) is 0 Å². The topological polar surface area (TPSA) is 21.7 Å². The number of methoxy groups -OCH3 is 2. The van der Waals surface area contributed by atoms with Gasteiger partial charge < -0.3 is 9.47 Å². The molecule has 3 nitrogen and oxygen atoms in total. The van der Waals surface area contributed by atoms with Crippen LogP contribution in [0.1, 0.15) is 5.56 Å². The molecule has 0 aliphatic heterocycles. The number of nitrogens with zero attached hydrogens (tertiary/aromatic N) is 1. The Morgan fingerprint density at radius 1 is 1.28 bits per heavy atom. The van der Waals surface area contributed by atoms with Crippen LogP contribution in [0.25, 0.3) is 0 Å². The predicted octanol–water partition coefficient (Wildman–Crippen LogP) is 3.14. The number of hydrogen-bond acceptors (Lipinski definition) is 3. The number of rotatable bonds is 8. The summed E-state index contributed by atoms with van der Waals surface area (Å²) in [5.41, 5.74) is 1.19. The Morgan fingerprint density at radius 3 is 2.67 bits per heavy atom. The lowest BCUT2D eigenvalue weighted by atomic mass is 10.2. The lowest BCUT2D eigenvalue weighted by Gasteiger charge is -2.21. The van der Waals surface area contributed by atoms with Gasteiger partial charge in [-0.05, 0) is 23.8 Å². The average molecular weight is 337 g/mol. The zero-order valence-corrected chi connectivity index (χ0v) is 13.1. The number of halogens is 2. The van der Waals surface area contributed by atoms with Gasteiger partial charge in [-0.3, -0.25) is 4.90 Å². The molecule has 0 aromatic heterocycles. The van der Waals surface area contributed by atoms with Crippen LogP contribution in [-0.4, -0.2) is 44.7 Å². The van der Waals surface area contributed by atoms with E-state index in [1.165, 1.54) is 5.56 Å². The molecule has 0 bridgehead atoms. The van der Waals surface area contributed by atoms with Crippen LogP contribution in [0.2, 0.25) is 0 Å². The molecule has 1 rings (SSSR count). The van der Waals surface area contributed by atoms with Gasteiger partial charge >= 0.3 is 0 Å². The molecule has 0 unspecified atom stereocenters. The van der Waals surface area contributed by atoms with E-state index >= 15 is 0 Å². The quantitative estimate of drug-likeness (QED) is 0.681. The summed E-state index contributed by atoms with van der Waals surface area (Å²) in [5.74, 6) is 1.48. The fourth-order valence-corrected chi connectivity index (χ4v) is 2.26. The van der Waals surface area contributed by atoms with E-state index in [2.05, 4.69) is 20.8 Å². The van der Waals surface area contributed by atoms with Crippen LogP contribution in [0, 0.1) is 0 Å². The van der Waals surface area contributed by atoms with Crippen molar-refractivity contribution < 1.29 is 9.47 Å². The smallest absolute Gasteiger partial charge is 0.119 e. The SMILES string of the molecule is COCCN(CCCl)Cc1cc(OC)ccc1Br. The summed E-state index contributed by atoms with van der Waals surface area (Å²) in [6.45, 7) is 3.24. The summed E-state index contributed by atoms with van der Waals surface area (Å²) in [6, 6.07) is 5.98. The number of hydrogen-bond donors (Lipinski definition) is 0. The van der Waals surface area contributed by atoms with E-state index in [1.54, 1.807) is 14.2 Å². The number of benzene rings is 1. The van der Waals surface area contributed by atoms with Crippen molar-refractivity contribution in [1.29, 1.82) is 0 Å². The Bertz CT molecular complexity index is 363. The fraction of sp³-hybridized carbons (Fsp3) is 0.538. The molecule has 0 radical (unpaired) electrons. The molecule has 18 heavy (non-hydrogen) atoms. The molecule has 0 spiro atoms. The number of alkyl halides is 1. The van der Waals surface area contributed by atoms with Crippen LogP contribution in [0.5, 0.6) is 5.75 Å². The van der Waals surface area contributed by atoms with E-state index in [0.29, 0.717) is 12.5 Å². The summed E-state index contributed by atoms with van der Waals surface area (Å²) in [7, 11) is 3.38. The number of ether oxygens (including phenoxy) is 2. The van der Waals surface area contributed by atoms with Crippen LogP contribution in [0.3, 0.4) is 0 Å². The molecule has 0 atom stereocenters. The average Bonchev–Trinajstić information content (AvgIpc) is 2.38. The third-order valence-corrected chi connectivity index (χ3v) is 3.60. The minimum Gasteiger partial charge on any atom is -0.497 e. The highest BCUT2D eigenvalue weighted by atomic mass is 79.9. The van der Waals surface area contributed by atoms with Gasteiger partial charge in [-0.25, -0.2) is 0 Å². The Balaban J connectivity index is 2.72. The maximum atomic E-state index is 5.82. The Hall–Kier alpha value is -0.290. The van der Waals surface area contributed by atoms with Crippen molar-refractivity contribution in [3.63, 3.8) is 0 Å². The van der Waals surface area contributed by atoms with Gasteiger partial charge in [0.05, 0.1) is 13.7 Å². The van der Waals surface area contributed by atoms with Crippen LogP contribution >= 0.6 is 27.5 Å². The second-order valence-corrected chi connectivity index (χ2v) is 5.15. The zero-order valence-electron chi connectivity index (χ0n) is 10.8. The molecule has 5 heteroatoms. The molecule has 0 heterocycles. The molecule has 1 aromatic rings. The highest BCUT2D eigenvalue weighted by molar-refractivity contribution is 9.10. The van der Waals surface area contributed by atoms with Crippen molar-refractivity contribution in [2.45, 2.75) is 6.54 Å². The van der Waals surface area contributed by atoms with Crippen molar-refractivity contribution in [2.75, 3.05) is 39.8 Å². The van der Waals surface area contributed by atoms with Crippen LogP contribution < -0.4 is 4.74 Å². The molecule has 0 saturated heterocycles. The molecular formula is C13H19BrClNO2. The van der Waals surface area contributed by atoms with Gasteiger partial charge in [-0.1, -0.05) is 15.9 Å². The van der Waals surface area contributed by atoms with E-state index in [0.717, 1.165) is 29.9 Å². The molecule has 0 saturated carbocycles.